The van der Waals surface area contributed by atoms with Gasteiger partial charge in [-0.1, -0.05) is 12.1 Å². The lowest BCUT2D eigenvalue weighted by atomic mass is 9.97. The van der Waals surface area contributed by atoms with Gasteiger partial charge in [0.25, 0.3) is 0 Å². The molecule has 0 saturated heterocycles. The van der Waals surface area contributed by atoms with Crippen LogP contribution >= 0.6 is 0 Å². The summed E-state index contributed by atoms with van der Waals surface area (Å²) in [6.07, 6.45) is 0.563. The van der Waals surface area contributed by atoms with E-state index in [2.05, 4.69) is 0 Å². The molecule has 0 bridgehead atoms. The summed E-state index contributed by atoms with van der Waals surface area (Å²) < 4.78 is 10.6. The first kappa shape index (κ1) is 20.5. The molecule has 4 rings (SSSR count). The van der Waals surface area contributed by atoms with Gasteiger partial charge in [-0.15, -0.1) is 0 Å². The minimum atomic E-state index is -0.627. The van der Waals surface area contributed by atoms with Crippen molar-refractivity contribution in [3.05, 3.63) is 90.6 Å². The summed E-state index contributed by atoms with van der Waals surface area (Å²) in [4.78, 5) is 47.9. The van der Waals surface area contributed by atoms with Gasteiger partial charge < -0.3 is 8.83 Å². The van der Waals surface area contributed by atoms with Crippen LogP contribution in [0.15, 0.2) is 54.8 Å². The Kier molecular flexibility index (Phi) is 4.93. The third-order valence-corrected chi connectivity index (χ3v) is 5.57. The maximum Gasteiger partial charge on any atom is 0.347 e. The van der Waals surface area contributed by atoms with Crippen molar-refractivity contribution in [3.8, 4) is 0 Å². The van der Waals surface area contributed by atoms with Gasteiger partial charge in [0.1, 0.15) is 22.3 Å². The first-order chi connectivity index (χ1) is 14.7. The summed E-state index contributed by atoms with van der Waals surface area (Å²) in [6, 6.07) is 11.0. The third-order valence-electron chi connectivity index (χ3n) is 5.57. The molecule has 6 nitrogen and oxygen atoms in total. The molecule has 156 valence electrons. The molecule has 0 N–H and O–H groups in total. The molecule has 0 aliphatic heterocycles. The molecular weight excluding hydrogens is 396 g/mol. The number of carbonyl (C=O) groups is 2. The average Bonchev–Trinajstić information content (AvgIpc) is 2.68. The van der Waals surface area contributed by atoms with E-state index in [1.54, 1.807) is 26.0 Å². The molecule has 0 aliphatic carbocycles. The Morgan fingerprint density at radius 1 is 0.710 bits per heavy atom. The van der Waals surface area contributed by atoms with Crippen molar-refractivity contribution in [1.29, 1.82) is 0 Å². The van der Waals surface area contributed by atoms with Crippen molar-refractivity contribution in [1.82, 2.24) is 0 Å². The molecule has 0 fully saturated rings. The van der Waals surface area contributed by atoms with Crippen LogP contribution in [0.1, 0.15) is 56.8 Å². The van der Waals surface area contributed by atoms with E-state index in [9.17, 15) is 19.2 Å². The second kappa shape index (κ2) is 7.47. The summed E-state index contributed by atoms with van der Waals surface area (Å²) in [7, 11) is 0. The molecule has 0 amide bonds. The first-order valence-corrected chi connectivity index (χ1v) is 9.82. The topological polar surface area (TPSA) is 94.6 Å². The zero-order chi connectivity index (χ0) is 22.4. The molecule has 2 aromatic carbocycles. The Bertz CT molecular complexity index is 1400. The SMILES string of the molecule is CC(=O)c1c(C)c2cc(Cc3ccc4oc(=O)c(C(C)=O)c(C)c4c3)ccc2oc1=O. The van der Waals surface area contributed by atoms with Crippen LogP contribution in [0.5, 0.6) is 0 Å². The lowest BCUT2D eigenvalue weighted by Gasteiger charge is -2.10. The fourth-order valence-corrected chi connectivity index (χ4v) is 4.07. The summed E-state index contributed by atoms with van der Waals surface area (Å²) in [5.74, 6) is -0.655. The highest BCUT2D eigenvalue weighted by Gasteiger charge is 2.17. The highest BCUT2D eigenvalue weighted by atomic mass is 16.4. The van der Waals surface area contributed by atoms with E-state index in [0.717, 1.165) is 11.1 Å². The second-order valence-electron chi connectivity index (χ2n) is 7.73. The van der Waals surface area contributed by atoms with E-state index in [4.69, 9.17) is 8.83 Å². The third kappa shape index (κ3) is 3.50. The summed E-state index contributed by atoms with van der Waals surface area (Å²) in [6.45, 7) is 6.18. The Labute approximate surface area is 177 Å². The van der Waals surface area contributed by atoms with Crippen LogP contribution < -0.4 is 11.3 Å². The average molecular weight is 416 g/mol. The molecule has 0 spiro atoms. The van der Waals surface area contributed by atoms with E-state index in [1.165, 1.54) is 13.8 Å². The minimum Gasteiger partial charge on any atom is -0.422 e. The van der Waals surface area contributed by atoms with E-state index in [1.807, 2.05) is 24.3 Å². The van der Waals surface area contributed by atoms with Gasteiger partial charge in [0.2, 0.25) is 0 Å². The number of rotatable bonds is 4. The van der Waals surface area contributed by atoms with Crippen molar-refractivity contribution in [2.45, 2.75) is 34.1 Å². The Hall–Kier alpha value is -3.80. The highest BCUT2D eigenvalue weighted by molar-refractivity contribution is 6.00. The van der Waals surface area contributed by atoms with E-state index >= 15 is 0 Å². The second-order valence-corrected chi connectivity index (χ2v) is 7.73. The van der Waals surface area contributed by atoms with Crippen molar-refractivity contribution < 1.29 is 18.4 Å². The fourth-order valence-electron chi connectivity index (χ4n) is 4.07. The fraction of sp³-hybridized carbons (Fsp3) is 0.200. The molecule has 0 atom stereocenters. The van der Waals surface area contributed by atoms with Crippen LogP contribution in [0.2, 0.25) is 0 Å². The van der Waals surface area contributed by atoms with E-state index in [-0.39, 0.29) is 22.7 Å². The quantitative estimate of drug-likeness (QED) is 0.359. The number of aryl methyl sites for hydroxylation is 2. The molecule has 31 heavy (non-hydrogen) atoms. The van der Waals surface area contributed by atoms with Crippen molar-refractivity contribution in [2.75, 3.05) is 0 Å². The van der Waals surface area contributed by atoms with E-state index < -0.39 is 11.3 Å². The van der Waals surface area contributed by atoms with Gasteiger partial charge in [0.05, 0.1) is 0 Å². The van der Waals surface area contributed by atoms with Gasteiger partial charge in [-0.25, -0.2) is 9.59 Å². The molecule has 6 heteroatoms. The van der Waals surface area contributed by atoms with Crippen LogP contribution in [-0.2, 0) is 6.42 Å². The Morgan fingerprint density at radius 2 is 1.10 bits per heavy atom. The predicted molar refractivity (Wildman–Crippen MR) is 117 cm³/mol. The maximum atomic E-state index is 12.1. The van der Waals surface area contributed by atoms with Crippen LogP contribution in [0.3, 0.4) is 0 Å². The molecule has 2 heterocycles. The number of Topliss-reactive ketones (excluding diaryl/α,β-unsaturated/α-hetero) is 2. The van der Waals surface area contributed by atoms with Gasteiger partial charge in [-0.3, -0.25) is 9.59 Å². The zero-order valence-corrected chi connectivity index (χ0v) is 17.6. The lowest BCUT2D eigenvalue weighted by Crippen LogP contribution is -2.14. The maximum absolute atomic E-state index is 12.1. The molecule has 0 radical (unpaired) electrons. The Morgan fingerprint density at radius 3 is 1.45 bits per heavy atom. The van der Waals surface area contributed by atoms with Gasteiger partial charge in [0, 0.05) is 10.8 Å². The van der Waals surface area contributed by atoms with Crippen LogP contribution in [0.25, 0.3) is 21.9 Å². The Balaban J connectivity index is 1.81. The van der Waals surface area contributed by atoms with Gasteiger partial charge >= 0.3 is 11.3 Å². The smallest absolute Gasteiger partial charge is 0.347 e. The lowest BCUT2D eigenvalue weighted by molar-refractivity contribution is 0.100. The summed E-state index contributed by atoms with van der Waals surface area (Å²) >= 11 is 0. The molecule has 4 aromatic rings. The van der Waals surface area contributed by atoms with Crippen molar-refractivity contribution in [3.63, 3.8) is 0 Å². The number of hydrogen-bond donors (Lipinski definition) is 0. The van der Waals surface area contributed by atoms with Crippen molar-refractivity contribution in [2.24, 2.45) is 0 Å². The zero-order valence-electron chi connectivity index (χ0n) is 17.6. The monoisotopic (exact) mass is 416 g/mol. The van der Waals surface area contributed by atoms with Gasteiger partial charge in [-0.2, -0.15) is 0 Å². The molecular formula is C25H20O6. The number of carbonyl (C=O) groups excluding carboxylic acids is 2. The predicted octanol–water partition coefficient (Wildman–Crippen LogP) is 4.51. The van der Waals surface area contributed by atoms with Crippen molar-refractivity contribution >= 4 is 33.5 Å². The largest absolute Gasteiger partial charge is 0.422 e. The summed E-state index contributed by atoms with van der Waals surface area (Å²) in [5, 5.41) is 1.42. The normalized spacial score (nSPS) is 11.2. The number of fused-ring (bicyclic) bond motifs is 2. The van der Waals surface area contributed by atoms with Crippen LogP contribution in [-0.4, -0.2) is 11.6 Å². The molecule has 0 aliphatic rings. The molecule has 2 aromatic heterocycles. The van der Waals surface area contributed by atoms with Crippen LogP contribution in [0, 0.1) is 13.8 Å². The first-order valence-electron chi connectivity index (χ1n) is 9.82. The number of hydrogen-bond acceptors (Lipinski definition) is 6. The van der Waals surface area contributed by atoms with Crippen LogP contribution in [0.4, 0.5) is 0 Å². The standard InChI is InChI=1S/C25H20O6/c1-12-18-10-16(5-7-20(18)30-24(28)22(12)14(3)26)9-17-6-8-21-19(11-17)13(2)23(15(4)27)25(29)31-21/h5-8,10-11H,9H2,1-4H3. The van der Waals surface area contributed by atoms with E-state index in [0.29, 0.717) is 39.5 Å². The molecule has 0 saturated carbocycles. The molecule has 0 unspecified atom stereocenters. The van der Waals surface area contributed by atoms with Gasteiger partial charge in [0.15, 0.2) is 11.6 Å². The summed E-state index contributed by atoms with van der Waals surface area (Å²) in [5.41, 5.74) is 2.86. The van der Waals surface area contributed by atoms with Gasteiger partial charge in [-0.05, 0) is 80.6 Å². The number of benzene rings is 2. The highest BCUT2D eigenvalue weighted by Crippen LogP contribution is 2.25. The number of ketones is 2. The minimum absolute atomic E-state index is 0.0674.